The summed E-state index contributed by atoms with van der Waals surface area (Å²) in [6.07, 6.45) is 1.40. The molecular formula is C12H14O3. The molecule has 1 saturated heterocycles. The second kappa shape index (κ2) is 4.94. The van der Waals surface area contributed by atoms with Crippen molar-refractivity contribution in [3.05, 3.63) is 35.9 Å². The van der Waals surface area contributed by atoms with Gasteiger partial charge in [-0.05, 0) is 18.4 Å². The number of rotatable bonds is 3. The maximum Gasteiger partial charge on any atom is 0.335 e. The van der Waals surface area contributed by atoms with Gasteiger partial charge in [0.2, 0.25) is 0 Å². The number of esters is 1. The molecule has 80 valence electrons. The van der Waals surface area contributed by atoms with Gasteiger partial charge in [-0.2, -0.15) is 0 Å². The van der Waals surface area contributed by atoms with Gasteiger partial charge in [0, 0.05) is 6.61 Å². The van der Waals surface area contributed by atoms with E-state index in [1.54, 1.807) is 0 Å². The average molecular weight is 206 g/mol. The van der Waals surface area contributed by atoms with Crippen LogP contribution >= 0.6 is 0 Å². The van der Waals surface area contributed by atoms with Crippen LogP contribution in [0.4, 0.5) is 0 Å². The first-order valence-electron chi connectivity index (χ1n) is 5.18. The monoisotopic (exact) mass is 206 g/mol. The third kappa shape index (κ3) is 2.80. The summed E-state index contributed by atoms with van der Waals surface area (Å²) in [4.78, 5) is 11.5. The predicted molar refractivity (Wildman–Crippen MR) is 55.2 cm³/mol. The first kappa shape index (κ1) is 10.2. The van der Waals surface area contributed by atoms with Crippen molar-refractivity contribution in [1.29, 1.82) is 0 Å². The van der Waals surface area contributed by atoms with Crippen LogP contribution in [0.1, 0.15) is 18.4 Å². The highest BCUT2D eigenvalue weighted by molar-refractivity contribution is 5.74. The number of carbonyl (C=O) groups is 1. The number of benzene rings is 1. The van der Waals surface area contributed by atoms with Gasteiger partial charge < -0.3 is 9.47 Å². The van der Waals surface area contributed by atoms with Crippen molar-refractivity contribution in [2.75, 3.05) is 6.61 Å². The van der Waals surface area contributed by atoms with Gasteiger partial charge in [0.25, 0.3) is 0 Å². The molecule has 1 atom stereocenters. The number of hydrogen-bond acceptors (Lipinski definition) is 3. The minimum absolute atomic E-state index is 0.239. The molecule has 0 aromatic heterocycles. The van der Waals surface area contributed by atoms with Gasteiger partial charge in [0.1, 0.15) is 6.61 Å². The highest BCUT2D eigenvalue weighted by atomic mass is 16.6. The lowest BCUT2D eigenvalue weighted by Crippen LogP contribution is -2.21. The molecule has 3 nitrogen and oxygen atoms in total. The maximum atomic E-state index is 11.5. The van der Waals surface area contributed by atoms with Crippen molar-refractivity contribution in [1.82, 2.24) is 0 Å². The topological polar surface area (TPSA) is 35.5 Å². The van der Waals surface area contributed by atoms with Crippen LogP contribution in [0.5, 0.6) is 0 Å². The highest BCUT2D eigenvalue weighted by Gasteiger charge is 2.24. The zero-order valence-corrected chi connectivity index (χ0v) is 8.52. The molecule has 1 fully saturated rings. The van der Waals surface area contributed by atoms with Crippen LogP contribution in [0.2, 0.25) is 0 Å². The molecule has 3 heteroatoms. The van der Waals surface area contributed by atoms with Crippen LogP contribution < -0.4 is 0 Å². The Bertz CT molecular complexity index is 315. The summed E-state index contributed by atoms with van der Waals surface area (Å²) in [5.41, 5.74) is 1.00. The fraction of sp³-hybridized carbons (Fsp3) is 0.417. The second-order valence-corrected chi connectivity index (χ2v) is 3.59. The van der Waals surface area contributed by atoms with Crippen molar-refractivity contribution in [2.45, 2.75) is 25.6 Å². The summed E-state index contributed by atoms with van der Waals surface area (Å²) in [5, 5.41) is 0. The van der Waals surface area contributed by atoms with Gasteiger partial charge in [0.15, 0.2) is 6.10 Å². The molecule has 1 aromatic rings. The van der Waals surface area contributed by atoms with Crippen molar-refractivity contribution >= 4 is 5.97 Å². The van der Waals surface area contributed by atoms with Gasteiger partial charge in [-0.25, -0.2) is 4.79 Å². The molecule has 0 radical (unpaired) electrons. The van der Waals surface area contributed by atoms with E-state index in [-0.39, 0.29) is 12.1 Å². The van der Waals surface area contributed by atoms with Crippen molar-refractivity contribution in [2.24, 2.45) is 0 Å². The molecule has 1 unspecified atom stereocenters. The minimum Gasteiger partial charge on any atom is -0.459 e. The Labute approximate surface area is 89.0 Å². The Balaban J connectivity index is 1.80. The lowest BCUT2D eigenvalue weighted by Gasteiger charge is -2.09. The predicted octanol–water partition coefficient (Wildman–Crippen LogP) is 1.91. The summed E-state index contributed by atoms with van der Waals surface area (Å²) < 4.78 is 10.4. The summed E-state index contributed by atoms with van der Waals surface area (Å²) >= 11 is 0. The Morgan fingerprint density at radius 3 is 2.87 bits per heavy atom. The average Bonchev–Trinajstić information content (AvgIpc) is 2.81. The van der Waals surface area contributed by atoms with E-state index in [1.807, 2.05) is 30.3 Å². The van der Waals surface area contributed by atoms with Gasteiger partial charge in [-0.3, -0.25) is 0 Å². The Morgan fingerprint density at radius 2 is 2.20 bits per heavy atom. The Kier molecular flexibility index (Phi) is 3.35. The first-order chi connectivity index (χ1) is 7.36. The van der Waals surface area contributed by atoms with Crippen molar-refractivity contribution < 1.29 is 14.3 Å². The van der Waals surface area contributed by atoms with E-state index < -0.39 is 0 Å². The van der Waals surface area contributed by atoms with Crippen LogP contribution in [0.15, 0.2) is 30.3 Å². The van der Waals surface area contributed by atoms with Crippen LogP contribution in [-0.2, 0) is 20.9 Å². The highest BCUT2D eigenvalue weighted by Crippen LogP contribution is 2.14. The van der Waals surface area contributed by atoms with Crippen LogP contribution in [0.3, 0.4) is 0 Å². The molecule has 0 aliphatic carbocycles. The Morgan fingerprint density at radius 1 is 1.40 bits per heavy atom. The lowest BCUT2D eigenvalue weighted by atomic mass is 10.2. The van der Waals surface area contributed by atoms with Crippen molar-refractivity contribution in [3.8, 4) is 0 Å². The zero-order chi connectivity index (χ0) is 10.5. The van der Waals surface area contributed by atoms with E-state index in [2.05, 4.69) is 0 Å². The lowest BCUT2D eigenvalue weighted by molar-refractivity contribution is -0.155. The standard InChI is InChI=1S/C12H14O3/c13-12(11-7-4-8-14-11)15-9-10-5-2-1-3-6-10/h1-3,5-6,11H,4,7-9H2. The molecule has 1 aliphatic heterocycles. The SMILES string of the molecule is O=C(OCc1ccccc1)C1CCCO1. The van der Waals surface area contributed by atoms with E-state index in [9.17, 15) is 4.79 Å². The maximum absolute atomic E-state index is 11.5. The molecule has 15 heavy (non-hydrogen) atoms. The van der Waals surface area contributed by atoms with Crippen LogP contribution in [0.25, 0.3) is 0 Å². The smallest absolute Gasteiger partial charge is 0.335 e. The normalized spacial score (nSPS) is 20.1. The fourth-order valence-electron chi connectivity index (χ4n) is 1.59. The zero-order valence-electron chi connectivity index (χ0n) is 8.52. The van der Waals surface area contributed by atoms with Gasteiger partial charge in [0.05, 0.1) is 0 Å². The third-order valence-corrected chi connectivity index (χ3v) is 2.42. The second-order valence-electron chi connectivity index (χ2n) is 3.59. The van der Waals surface area contributed by atoms with Crippen LogP contribution in [0, 0.1) is 0 Å². The molecule has 0 N–H and O–H groups in total. The molecule has 0 bridgehead atoms. The molecule has 1 aliphatic rings. The van der Waals surface area contributed by atoms with Crippen LogP contribution in [-0.4, -0.2) is 18.7 Å². The minimum atomic E-state index is -0.339. The van der Waals surface area contributed by atoms with E-state index in [0.717, 1.165) is 18.4 Å². The number of carbonyl (C=O) groups excluding carboxylic acids is 1. The Hall–Kier alpha value is -1.35. The number of hydrogen-bond donors (Lipinski definition) is 0. The molecule has 1 aromatic carbocycles. The van der Waals surface area contributed by atoms with Crippen molar-refractivity contribution in [3.63, 3.8) is 0 Å². The van der Waals surface area contributed by atoms with E-state index in [0.29, 0.717) is 13.2 Å². The molecular weight excluding hydrogens is 192 g/mol. The van der Waals surface area contributed by atoms with E-state index >= 15 is 0 Å². The van der Waals surface area contributed by atoms with Gasteiger partial charge in [-0.15, -0.1) is 0 Å². The summed E-state index contributed by atoms with van der Waals surface area (Å²) in [7, 11) is 0. The third-order valence-electron chi connectivity index (χ3n) is 2.42. The fourth-order valence-corrected chi connectivity index (χ4v) is 1.59. The summed E-state index contributed by atoms with van der Waals surface area (Å²) in [6.45, 7) is 1.00. The largest absolute Gasteiger partial charge is 0.459 e. The quantitative estimate of drug-likeness (QED) is 0.709. The van der Waals surface area contributed by atoms with E-state index in [4.69, 9.17) is 9.47 Å². The molecule has 2 rings (SSSR count). The number of ether oxygens (including phenoxy) is 2. The van der Waals surface area contributed by atoms with Gasteiger partial charge in [-0.1, -0.05) is 30.3 Å². The van der Waals surface area contributed by atoms with E-state index in [1.165, 1.54) is 0 Å². The summed E-state index contributed by atoms with van der Waals surface area (Å²) in [5.74, 6) is -0.239. The molecule has 0 amide bonds. The molecule has 0 spiro atoms. The molecule has 1 heterocycles. The van der Waals surface area contributed by atoms with Gasteiger partial charge >= 0.3 is 5.97 Å². The summed E-state index contributed by atoms with van der Waals surface area (Å²) in [6, 6.07) is 9.65. The first-order valence-corrected chi connectivity index (χ1v) is 5.18. The molecule has 0 saturated carbocycles.